The summed E-state index contributed by atoms with van der Waals surface area (Å²) < 4.78 is 1.62. The Bertz CT molecular complexity index is 418. The summed E-state index contributed by atoms with van der Waals surface area (Å²) in [6, 6.07) is 2.94. The molecule has 74 valence electrons. The Labute approximate surface area is 80.8 Å². The van der Waals surface area contributed by atoms with Crippen molar-refractivity contribution in [2.45, 2.75) is 25.3 Å². The number of rotatable bonds is 2. The summed E-state index contributed by atoms with van der Waals surface area (Å²) in [6.45, 7) is 0. The number of carboxylic acids is 1. The number of aromatic nitrogens is 1. The first-order valence-electron chi connectivity index (χ1n) is 4.64. The Morgan fingerprint density at radius 2 is 2.21 bits per heavy atom. The lowest BCUT2D eigenvalue weighted by Crippen LogP contribution is -2.28. The molecule has 4 heteroatoms. The number of pyridine rings is 1. The molecule has 1 N–H and O–H groups in total. The first-order chi connectivity index (χ1) is 6.68. The maximum absolute atomic E-state index is 11.5. The summed E-state index contributed by atoms with van der Waals surface area (Å²) in [5.74, 6) is -1.05. The second-order valence-corrected chi connectivity index (χ2v) is 3.55. The van der Waals surface area contributed by atoms with E-state index in [4.69, 9.17) is 5.11 Å². The van der Waals surface area contributed by atoms with Crippen molar-refractivity contribution < 1.29 is 9.90 Å². The Kier molecular flexibility index (Phi) is 2.11. The molecule has 0 spiro atoms. The summed E-state index contributed by atoms with van der Waals surface area (Å²) >= 11 is 0. The highest BCUT2D eigenvalue weighted by molar-refractivity contribution is 5.87. The van der Waals surface area contributed by atoms with Crippen LogP contribution in [0.2, 0.25) is 0 Å². The molecule has 2 rings (SSSR count). The van der Waals surface area contributed by atoms with E-state index in [0.717, 1.165) is 19.3 Å². The fourth-order valence-electron chi connectivity index (χ4n) is 1.59. The normalized spacial score (nSPS) is 16.3. The molecule has 1 aliphatic rings. The van der Waals surface area contributed by atoms with Crippen LogP contribution in [0.1, 0.15) is 35.7 Å². The lowest BCUT2D eigenvalue weighted by molar-refractivity contribution is 0.0696. The molecule has 14 heavy (non-hydrogen) atoms. The second-order valence-electron chi connectivity index (χ2n) is 3.55. The summed E-state index contributed by atoms with van der Waals surface area (Å²) in [7, 11) is 0. The number of aromatic carboxylic acids is 1. The molecular formula is C10H11NO3. The van der Waals surface area contributed by atoms with Gasteiger partial charge in [0, 0.05) is 18.3 Å². The van der Waals surface area contributed by atoms with E-state index in [1.54, 1.807) is 10.8 Å². The third-order valence-electron chi connectivity index (χ3n) is 2.66. The van der Waals surface area contributed by atoms with Gasteiger partial charge in [0.05, 0.1) is 5.56 Å². The number of carboxylic acid groups (broad SMARTS) is 1. The van der Waals surface area contributed by atoms with Crippen LogP contribution in [-0.2, 0) is 0 Å². The van der Waals surface area contributed by atoms with Gasteiger partial charge in [0.15, 0.2) is 0 Å². The van der Waals surface area contributed by atoms with E-state index in [2.05, 4.69) is 0 Å². The van der Waals surface area contributed by atoms with Crippen LogP contribution in [0, 0.1) is 0 Å². The average molecular weight is 193 g/mol. The zero-order valence-corrected chi connectivity index (χ0v) is 7.64. The highest BCUT2D eigenvalue weighted by atomic mass is 16.4. The predicted octanol–water partition coefficient (Wildman–Crippen LogP) is 1.27. The molecule has 0 amide bonds. The quantitative estimate of drug-likeness (QED) is 0.769. The average Bonchev–Trinajstić information content (AvgIpc) is 2.04. The fourth-order valence-corrected chi connectivity index (χ4v) is 1.59. The van der Waals surface area contributed by atoms with Crippen LogP contribution >= 0.6 is 0 Å². The third kappa shape index (κ3) is 1.43. The molecular weight excluding hydrogens is 182 g/mol. The molecule has 1 heterocycles. The topological polar surface area (TPSA) is 59.3 Å². The molecule has 1 saturated carbocycles. The van der Waals surface area contributed by atoms with Gasteiger partial charge in [0.1, 0.15) is 0 Å². The minimum absolute atomic E-state index is 0.0607. The molecule has 0 radical (unpaired) electrons. The van der Waals surface area contributed by atoms with Crippen LogP contribution in [0.3, 0.4) is 0 Å². The van der Waals surface area contributed by atoms with Crippen LogP contribution in [0.5, 0.6) is 0 Å². The molecule has 0 unspecified atom stereocenters. The van der Waals surface area contributed by atoms with Gasteiger partial charge in [0.25, 0.3) is 5.56 Å². The van der Waals surface area contributed by atoms with Crippen molar-refractivity contribution in [3.63, 3.8) is 0 Å². The Balaban J connectivity index is 2.36. The molecule has 0 atom stereocenters. The first kappa shape index (κ1) is 8.99. The zero-order chi connectivity index (χ0) is 10.1. The number of nitrogens with zero attached hydrogens (tertiary/aromatic N) is 1. The molecule has 1 aromatic rings. The van der Waals surface area contributed by atoms with Gasteiger partial charge in [0.2, 0.25) is 0 Å². The Morgan fingerprint density at radius 1 is 1.50 bits per heavy atom. The number of carbonyl (C=O) groups is 1. The maximum atomic E-state index is 11.5. The van der Waals surface area contributed by atoms with Gasteiger partial charge in [-0.05, 0) is 25.3 Å². The molecule has 0 saturated heterocycles. The van der Waals surface area contributed by atoms with Crippen molar-refractivity contribution in [1.82, 2.24) is 4.57 Å². The van der Waals surface area contributed by atoms with Gasteiger partial charge in [-0.15, -0.1) is 0 Å². The van der Waals surface area contributed by atoms with E-state index in [0.29, 0.717) is 0 Å². The highest BCUT2D eigenvalue weighted by Gasteiger charge is 2.20. The molecule has 0 bridgehead atoms. The van der Waals surface area contributed by atoms with Crippen LogP contribution in [0.25, 0.3) is 0 Å². The molecule has 0 aliphatic heterocycles. The molecule has 0 aromatic carbocycles. The van der Waals surface area contributed by atoms with Gasteiger partial charge < -0.3 is 9.67 Å². The standard InChI is InChI=1S/C10H11NO3/c12-9-6-7(10(13)14)4-5-11(9)8-2-1-3-8/h4-6,8H,1-3H2,(H,13,14). The van der Waals surface area contributed by atoms with Gasteiger partial charge in [-0.25, -0.2) is 4.79 Å². The van der Waals surface area contributed by atoms with Crippen LogP contribution in [0.15, 0.2) is 23.1 Å². The summed E-state index contributed by atoms with van der Waals surface area (Å²) in [6.07, 6.45) is 4.77. The highest BCUT2D eigenvalue weighted by Crippen LogP contribution is 2.29. The van der Waals surface area contributed by atoms with Crippen molar-refractivity contribution in [3.8, 4) is 0 Å². The minimum Gasteiger partial charge on any atom is -0.478 e. The smallest absolute Gasteiger partial charge is 0.335 e. The lowest BCUT2D eigenvalue weighted by atomic mass is 9.93. The minimum atomic E-state index is -1.05. The van der Waals surface area contributed by atoms with E-state index < -0.39 is 5.97 Å². The van der Waals surface area contributed by atoms with Crippen molar-refractivity contribution in [3.05, 3.63) is 34.2 Å². The van der Waals surface area contributed by atoms with Crippen molar-refractivity contribution in [2.24, 2.45) is 0 Å². The van der Waals surface area contributed by atoms with E-state index >= 15 is 0 Å². The summed E-state index contributed by atoms with van der Waals surface area (Å²) in [5, 5.41) is 8.66. The third-order valence-corrected chi connectivity index (χ3v) is 2.66. The summed E-state index contributed by atoms with van der Waals surface area (Å²) in [4.78, 5) is 22.0. The van der Waals surface area contributed by atoms with Gasteiger partial charge in [-0.1, -0.05) is 0 Å². The van der Waals surface area contributed by atoms with E-state index in [9.17, 15) is 9.59 Å². The lowest BCUT2D eigenvalue weighted by Gasteiger charge is -2.27. The first-order valence-corrected chi connectivity index (χ1v) is 4.64. The van der Waals surface area contributed by atoms with Gasteiger partial charge in [-0.2, -0.15) is 0 Å². The SMILES string of the molecule is O=C(O)c1ccn(C2CCC2)c(=O)c1. The van der Waals surface area contributed by atoms with Gasteiger partial charge >= 0.3 is 5.97 Å². The molecule has 1 fully saturated rings. The van der Waals surface area contributed by atoms with Crippen molar-refractivity contribution >= 4 is 5.97 Å². The fraction of sp³-hybridized carbons (Fsp3) is 0.400. The van der Waals surface area contributed by atoms with Crippen LogP contribution in [-0.4, -0.2) is 15.6 Å². The Hall–Kier alpha value is -1.58. The van der Waals surface area contributed by atoms with E-state index in [-0.39, 0.29) is 17.2 Å². The summed E-state index contributed by atoms with van der Waals surface area (Å²) in [5.41, 5.74) is -0.153. The van der Waals surface area contributed by atoms with Crippen LogP contribution in [0.4, 0.5) is 0 Å². The van der Waals surface area contributed by atoms with Crippen molar-refractivity contribution in [1.29, 1.82) is 0 Å². The maximum Gasteiger partial charge on any atom is 0.335 e. The largest absolute Gasteiger partial charge is 0.478 e. The Morgan fingerprint density at radius 3 is 2.64 bits per heavy atom. The molecule has 1 aromatic heterocycles. The molecule has 4 nitrogen and oxygen atoms in total. The molecule has 1 aliphatic carbocycles. The van der Waals surface area contributed by atoms with E-state index in [1.807, 2.05) is 0 Å². The number of hydrogen-bond acceptors (Lipinski definition) is 2. The second kappa shape index (κ2) is 3.29. The van der Waals surface area contributed by atoms with Crippen molar-refractivity contribution in [2.75, 3.05) is 0 Å². The number of hydrogen-bond donors (Lipinski definition) is 1. The van der Waals surface area contributed by atoms with E-state index in [1.165, 1.54) is 12.1 Å². The van der Waals surface area contributed by atoms with Gasteiger partial charge in [-0.3, -0.25) is 4.79 Å². The monoisotopic (exact) mass is 193 g/mol. The van der Waals surface area contributed by atoms with Crippen LogP contribution < -0.4 is 5.56 Å². The zero-order valence-electron chi connectivity index (χ0n) is 7.64. The predicted molar refractivity (Wildman–Crippen MR) is 50.5 cm³/mol.